The summed E-state index contributed by atoms with van der Waals surface area (Å²) in [6, 6.07) is 3.45. The highest BCUT2D eigenvalue weighted by Gasteiger charge is 2.51. The van der Waals surface area contributed by atoms with Crippen molar-refractivity contribution < 1.29 is 42.5 Å². The van der Waals surface area contributed by atoms with Crippen LogP contribution in [0, 0.1) is 0 Å². The number of carbonyl (C=O) groups is 1. The molecule has 0 bridgehead atoms. The maximum Gasteiger partial charge on any atom is 0.293 e. The quantitative estimate of drug-likeness (QED) is 0.588. The van der Waals surface area contributed by atoms with Gasteiger partial charge >= 0.3 is 0 Å². The van der Waals surface area contributed by atoms with Crippen LogP contribution in [0.5, 0.6) is 11.5 Å². The van der Waals surface area contributed by atoms with Gasteiger partial charge in [0.1, 0.15) is 17.2 Å². The van der Waals surface area contributed by atoms with Crippen LogP contribution in [-0.4, -0.2) is 65.5 Å². The maximum absolute atomic E-state index is 13.6. The van der Waals surface area contributed by atoms with E-state index in [1.54, 1.807) is 19.2 Å². The second-order valence-corrected chi connectivity index (χ2v) is 7.06. The third kappa shape index (κ3) is 3.36. The van der Waals surface area contributed by atoms with Gasteiger partial charge in [-0.3, -0.25) is 4.79 Å². The highest BCUT2D eigenvalue weighted by atomic mass is 16.7. The minimum atomic E-state index is -1.78. The van der Waals surface area contributed by atoms with E-state index >= 15 is 0 Å². The van der Waals surface area contributed by atoms with Crippen molar-refractivity contribution in [1.29, 1.82) is 0 Å². The fourth-order valence-electron chi connectivity index (χ4n) is 3.94. The van der Waals surface area contributed by atoms with Gasteiger partial charge < -0.3 is 37.7 Å². The lowest BCUT2D eigenvalue weighted by Gasteiger charge is -2.32. The third-order valence-electron chi connectivity index (χ3n) is 5.51. The molecule has 172 valence electrons. The topological polar surface area (TPSA) is 108 Å². The molecular weight excluding hydrogens is 422 g/mol. The number of methoxy groups -OCH3 is 5. The molecule has 1 saturated heterocycles. The van der Waals surface area contributed by atoms with Crippen molar-refractivity contribution in [1.82, 2.24) is 5.16 Å². The monoisotopic (exact) mass is 447 g/mol. The summed E-state index contributed by atoms with van der Waals surface area (Å²) in [6.07, 6.45) is 1.59. The highest BCUT2D eigenvalue weighted by molar-refractivity contribution is 6.12. The lowest BCUT2D eigenvalue weighted by atomic mass is 9.89. The number of Topliss-reactive ketones (excluding diaryl/α,β-unsaturated/α-hetero) is 1. The number of aromatic nitrogens is 1. The molecular formula is C22H25NO9. The second kappa shape index (κ2) is 8.91. The van der Waals surface area contributed by atoms with Crippen LogP contribution in [0.15, 0.2) is 22.4 Å². The maximum atomic E-state index is 13.6. The summed E-state index contributed by atoms with van der Waals surface area (Å²) in [5.41, 5.74) is 1.47. The highest BCUT2D eigenvalue weighted by Crippen LogP contribution is 2.46. The molecule has 2 heterocycles. The van der Waals surface area contributed by atoms with E-state index in [0.29, 0.717) is 35.8 Å². The Kier molecular flexibility index (Phi) is 6.20. The van der Waals surface area contributed by atoms with Crippen molar-refractivity contribution in [2.45, 2.75) is 18.5 Å². The first kappa shape index (κ1) is 22.3. The van der Waals surface area contributed by atoms with E-state index in [4.69, 9.17) is 37.7 Å². The number of benzene rings is 1. The van der Waals surface area contributed by atoms with E-state index in [2.05, 4.69) is 5.16 Å². The fraction of sp³-hybridized carbons (Fsp3) is 0.455. The van der Waals surface area contributed by atoms with E-state index in [0.717, 1.165) is 6.42 Å². The molecule has 0 radical (unpaired) electrons. The number of hydrogen-bond acceptors (Lipinski definition) is 10. The molecule has 0 unspecified atom stereocenters. The molecule has 2 aromatic rings. The molecule has 0 atom stereocenters. The van der Waals surface area contributed by atoms with Gasteiger partial charge in [-0.2, -0.15) is 0 Å². The van der Waals surface area contributed by atoms with E-state index in [1.807, 2.05) is 0 Å². The Morgan fingerprint density at radius 1 is 0.969 bits per heavy atom. The molecule has 1 aromatic carbocycles. The van der Waals surface area contributed by atoms with E-state index in [1.165, 1.54) is 34.5 Å². The van der Waals surface area contributed by atoms with E-state index in [-0.39, 0.29) is 22.8 Å². The molecule has 10 nitrogen and oxygen atoms in total. The van der Waals surface area contributed by atoms with Crippen LogP contribution >= 0.6 is 0 Å². The molecule has 1 aliphatic carbocycles. The summed E-state index contributed by atoms with van der Waals surface area (Å²) in [6.45, 7) is 1.05. The lowest BCUT2D eigenvalue weighted by molar-refractivity contribution is -0.182. The smallest absolute Gasteiger partial charge is 0.293 e. The molecule has 0 amide bonds. The van der Waals surface area contributed by atoms with Crippen molar-refractivity contribution in [3.05, 3.63) is 34.8 Å². The predicted octanol–water partition coefficient (Wildman–Crippen LogP) is 2.97. The average Bonchev–Trinajstić information content (AvgIpc) is 3.27. The zero-order chi connectivity index (χ0) is 22.9. The van der Waals surface area contributed by atoms with Crippen molar-refractivity contribution in [3.8, 4) is 22.8 Å². The van der Waals surface area contributed by atoms with Crippen molar-refractivity contribution >= 4 is 11.9 Å². The molecule has 1 aliphatic heterocycles. The Labute approximate surface area is 184 Å². The average molecular weight is 447 g/mol. The number of rotatable bonds is 7. The largest absolute Gasteiger partial charge is 0.497 e. The Balaban J connectivity index is 1.96. The van der Waals surface area contributed by atoms with Gasteiger partial charge in [-0.25, -0.2) is 0 Å². The standard InChI is InChI=1S/C22H25NO9/c1-25-12-9-13(21-30-7-6-8-31-21)17(14(10-12)26-2)19-18-15(32-23-19)11-16(27-3)22(28-4,29-5)20(18)24/h9-11,21H,6-8H2,1-5H3. The zero-order valence-electron chi connectivity index (χ0n) is 18.6. The van der Waals surface area contributed by atoms with Gasteiger partial charge in [-0.1, -0.05) is 5.16 Å². The van der Waals surface area contributed by atoms with E-state index in [9.17, 15) is 4.79 Å². The number of ketones is 1. The summed E-state index contributed by atoms with van der Waals surface area (Å²) in [5.74, 6) is -1.01. The SMILES string of the molecule is COC1=Cc2onc(-c3c(OC)cc(OC)cc3C3OCCCO3)c2C(=O)C1(OC)OC. The second-order valence-electron chi connectivity index (χ2n) is 7.06. The first-order chi connectivity index (χ1) is 15.5. The minimum Gasteiger partial charge on any atom is -0.497 e. The predicted molar refractivity (Wildman–Crippen MR) is 110 cm³/mol. The summed E-state index contributed by atoms with van der Waals surface area (Å²) in [7, 11) is 7.18. The Morgan fingerprint density at radius 2 is 1.69 bits per heavy atom. The first-order valence-electron chi connectivity index (χ1n) is 9.95. The van der Waals surface area contributed by atoms with Crippen LogP contribution in [0.25, 0.3) is 17.3 Å². The van der Waals surface area contributed by atoms with Crippen LogP contribution in [-0.2, 0) is 23.7 Å². The van der Waals surface area contributed by atoms with Gasteiger partial charge in [0.2, 0.25) is 5.78 Å². The first-order valence-corrected chi connectivity index (χ1v) is 9.95. The van der Waals surface area contributed by atoms with Crippen LogP contribution in [0.2, 0.25) is 0 Å². The molecule has 32 heavy (non-hydrogen) atoms. The summed E-state index contributed by atoms with van der Waals surface area (Å²) in [4.78, 5) is 13.6. The van der Waals surface area contributed by atoms with E-state index < -0.39 is 17.9 Å². The normalized spacial score (nSPS) is 18.2. The number of fused-ring (bicyclic) bond motifs is 1. The molecule has 4 rings (SSSR count). The van der Waals surface area contributed by atoms with Gasteiger partial charge in [-0.15, -0.1) is 0 Å². The molecule has 2 aliphatic rings. The van der Waals surface area contributed by atoms with Crippen molar-refractivity contribution in [2.75, 3.05) is 48.8 Å². The molecule has 0 N–H and O–H groups in total. The Bertz CT molecular complexity index is 1030. The summed E-state index contributed by atoms with van der Waals surface area (Å²) >= 11 is 0. The number of nitrogens with zero attached hydrogens (tertiary/aromatic N) is 1. The summed E-state index contributed by atoms with van der Waals surface area (Å²) in [5, 5.41) is 4.20. The molecule has 1 fully saturated rings. The van der Waals surface area contributed by atoms with Gasteiger partial charge in [0.15, 0.2) is 17.8 Å². The molecule has 10 heteroatoms. The van der Waals surface area contributed by atoms with Gasteiger partial charge in [0.25, 0.3) is 5.79 Å². The van der Waals surface area contributed by atoms with Crippen LogP contribution in [0.3, 0.4) is 0 Å². The van der Waals surface area contributed by atoms with Crippen LogP contribution in [0.4, 0.5) is 0 Å². The fourth-order valence-corrected chi connectivity index (χ4v) is 3.94. The van der Waals surface area contributed by atoms with Gasteiger partial charge in [0.05, 0.1) is 45.7 Å². The van der Waals surface area contributed by atoms with Crippen molar-refractivity contribution in [3.63, 3.8) is 0 Å². The number of carbonyl (C=O) groups excluding carboxylic acids is 1. The van der Waals surface area contributed by atoms with Crippen molar-refractivity contribution in [2.24, 2.45) is 0 Å². The number of hydrogen-bond donors (Lipinski definition) is 0. The number of ether oxygens (including phenoxy) is 7. The lowest BCUT2D eigenvalue weighted by Crippen LogP contribution is -2.47. The molecule has 0 saturated carbocycles. The van der Waals surface area contributed by atoms with Gasteiger partial charge in [-0.05, 0) is 12.5 Å². The molecule has 1 aromatic heterocycles. The zero-order valence-corrected chi connectivity index (χ0v) is 18.6. The van der Waals surface area contributed by atoms with Crippen LogP contribution in [0.1, 0.15) is 34.4 Å². The molecule has 0 spiro atoms. The minimum absolute atomic E-state index is 0.142. The Morgan fingerprint density at radius 3 is 2.28 bits per heavy atom. The van der Waals surface area contributed by atoms with Gasteiger partial charge in [0, 0.05) is 31.9 Å². The Hall–Kier alpha value is -2.92. The third-order valence-corrected chi connectivity index (χ3v) is 5.51. The summed E-state index contributed by atoms with van der Waals surface area (Å²) < 4.78 is 44.5. The van der Waals surface area contributed by atoms with Crippen LogP contribution < -0.4 is 9.47 Å².